The molecule has 2 N–H and O–H groups in total. The van der Waals surface area contributed by atoms with Crippen molar-refractivity contribution in [2.75, 3.05) is 0 Å². The van der Waals surface area contributed by atoms with E-state index in [4.69, 9.17) is 14.8 Å². The summed E-state index contributed by atoms with van der Waals surface area (Å²) in [6.07, 6.45) is 5.64. The summed E-state index contributed by atoms with van der Waals surface area (Å²) in [4.78, 5) is 8.68. The molecule has 108 valence electrons. The summed E-state index contributed by atoms with van der Waals surface area (Å²) in [7, 11) is 0. The largest absolute Gasteiger partial charge is 0.336 e. The molecule has 0 unspecified atom stereocenters. The van der Waals surface area contributed by atoms with Crippen LogP contribution in [0.4, 0.5) is 0 Å². The van der Waals surface area contributed by atoms with E-state index in [1.54, 1.807) is 6.20 Å². The van der Waals surface area contributed by atoms with E-state index < -0.39 is 5.54 Å². The smallest absolute Gasteiger partial charge is 0.259 e. The van der Waals surface area contributed by atoms with E-state index in [1.165, 1.54) is 0 Å². The Kier molecular flexibility index (Phi) is 2.58. The molecule has 1 aliphatic rings. The fraction of sp³-hybridized carbons (Fsp3) is 0.429. The molecule has 0 aromatic carbocycles. The van der Waals surface area contributed by atoms with E-state index in [2.05, 4.69) is 20.3 Å². The van der Waals surface area contributed by atoms with Crippen LogP contribution < -0.4 is 5.73 Å². The van der Waals surface area contributed by atoms with E-state index in [0.29, 0.717) is 17.4 Å². The van der Waals surface area contributed by atoms with Gasteiger partial charge in [-0.2, -0.15) is 4.98 Å². The van der Waals surface area contributed by atoms with Crippen LogP contribution in [0.5, 0.6) is 0 Å². The molecule has 0 spiro atoms. The molecule has 1 saturated carbocycles. The maximum absolute atomic E-state index is 6.34. The van der Waals surface area contributed by atoms with Gasteiger partial charge < -0.3 is 14.8 Å². The Hall–Kier alpha value is -2.28. The van der Waals surface area contributed by atoms with Crippen molar-refractivity contribution in [1.29, 1.82) is 0 Å². The van der Waals surface area contributed by atoms with Gasteiger partial charge in [0.1, 0.15) is 0 Å². The molecule has 0 atom stereocenters. The van der Waals surface area contributed by atoms with Crippen LogP contribution in [0.3, 0.4) is 0 Å². The van der Waals surface area contributed by atoms with Crippen LogP contribution in [-0.4, -0.2) is 20.3 Å². The zero-order chi connectivity index (χ0) is 14.4. The zero-order valence-corrected chi connectivity index (χ0v) is 11.7. The third-order valence-electron chi connectivity index (χ3n) is 4.12. The number of nitrogens with zero attached hydrogens (tertiary/aromatic N) is 4. The van der Waals surface area contributed by atoms with Crippen LogP contribution >= 0.6 is 0 Å². The molecule has 3 aromatic heterocycles. The molecule has 4 rings (SSSR count). The third-order valence-corrected chi connectivity index (χ3v) is 4.12. The maximum atomic E-state index is 6.34. The molecule has 3 aromatic rings. The summed E-state index contributed by atoms with van der Waals surface area (Å²) < 4.78 is 10.5. The number of aryl methyl sites for hydroxylation is 1. The lowest BCUT2D eigenvalue weighted by Gasteiger charge is -2.17. The Balaban J connectivity index is 1.75. The predicted molar refractivity (Wildman–Crippen MR) is 74.2 cm³/mol. The lowest BCUT2D eigenvalue weighted by molar-refractivity contribution is 0.372. The van der Waals surface area contributed by atoms with Crippen molar-refractivity contribution < 1.29 is 9.05 Å². The highest BCUT2D eigenvalue weighted by molar-refractivity contribution is 5.79. The highest BCUT2D eigenvalue weighted by atomic mass is 16.5. The van der Waals surface area contributed by atoms with Gasteiger partial charge in [-0.1, -0.05) is 23.2 Å². The number of hydrogen-bond acceptors (Lipinski definition) is 7. The first-order chi connectivity index (χ1) is 10.2. The zero-order valence-electron chi connectivity index (χ0n) is 11.7. The minimum atomic E-state index is -0.452. The van der Waals surface area contributed by atoms with Crippen LogP contribution in [0.25, 0.3) is 22.6 Å². The minimum Gasteiger partial charge on any atom is -0.336 e. The van der Waals surface area contributed by atoms with Crippen molar-refractivity contribution in [3.05, 3.63) is 23.8 Å². The van der Waals surface area contributed by atoms with Crippen molar-refractivity contribution >= 4 is 11.1 Å². The second kappa shape index (κ2) is 4.36. The van der Waals surface area contributed by atoms with Gasteiger partial charge in [0, 0.05) is 6.20 Å². The summed E-state index contributed by atoms with van der Waals surface area (Å²) >= 11 is 0. The van der Waals surface area contributed by atoms with Gasteiger partial charge in [-0.3, -0.25) is 0 Å². The molecule has 0 radical (unpaired) electrons. The van der Waals surface area contributed by atoms with Gasteiger partial charge in [0.2, 0.25) is 0 Å². The fourth-order valence-electron chi connectivity index (χ4n) is 2.83. The van der Waals surface area contributed by atoms with Gasteiger partial charge >= 0.3 is 0 Å². The number of nitrogens with two attached hydrogens (primary N) is 1. The lowest BCUT2D eigenvalue weighted by atomic mass is 9.99. The molecule has 0 aliphatic heterocycles. The standard InChI is InChI=1S/C14H15N5O2/c1-8-10-6-9(7-16-12(10)21-18-8)11-17-13(19-20-11)14(15)4-2-3-5-14/h6-7H,2-5,15H2,1H3. The first-order valence-electron chi connectivity index (χ1n) is 7.01. The Labute approximate surface area is 120 Å². The molecule has 3 heterocycles. The van der Waals surface area contributed by atoms with Crippen LogP contribution in [-0.2, 0) is 5.54 Å². The third kappa shape index (κ3) is 1.92. The van der Waals surface area contributed by atoms with Crippen LogP contribution in [0.15, 0.2) is 21.3 Å². The van der Waals surface area contributed by atoms with E-state index >= 15 is 0 Å². The Morgan fingerprint density at radius 2 is 2.00 bits per heavy atom. The van der Waals surface area contributed by atoms with E-state index in [-0.39, 0.29) is 0 Å². The number of fused-ring (bicyclic) bond motifs is 1. The number of rotatable bonds is 2. The van der Waals surface area contributed by atoms with Gasteiger partial charge in [0.25, 0.3) is 11.6 Å². The van der Waals surface area contributed by atoms with Gasteiger partial charge in [-0.25, -0.2) is 4.98 Å². The van der Waals surface area contributed by atoms with Crippen molar-refractivity contribution in [1.82, 2.24) is 20.3 Å². The Morgan fingerprint density at radius 1 is 1.19 bits per heavy atom. The van der Waals surface area contributed by atoms with Crippen LogP contribution in [0.1, 0.15) is 37.2 Å². The molecular formula is C14H15N5O2. The molecule has 0 bridgehead atoms. The van der Waals surface area contributed by atoms with Gasteiger partial charge in [0.15, 0.2) is 5.82 Å². The van der Waals surface area contributed by atoms with E-state index in [9.17, 15) is 0 Å². The van der Waals surface area contributed by atoms with E-state index in [0.717, 1.165) is 42.3 Å². The summed E-state index contributed by atoms with van der Waals surface area (Å²) in [6.45, 7) is 1.87. The van der Waals surface area contributed by atoms with Gasteiger partial charge in [-0.05, 0) is 25.8 Å². The van der Waals surface area contributed by atoms with Gasteiger partial charge in [-0.15, -0.1) is 0 Å². The summed E-state index contributed by atoms with van der Waals surface area (Å²) in [5.74, 6) is 1.01. The van der Waals surface area contributed by atoms with Crippen LogP contribution in [0, 0.1) is 6.92 Å². The number of hydrogen-bond donors (Lipinski definition) is 1. The normalized spacial score (nSPS) is 17.6. The first-order valence-corrected chi connectivity index (χ1v) is 7.01. The van der Waals surface area contributed by atoms with Crippen molar-refractivity contribution in [2.45, 2.75) is 38.1 Å². The highest BCUT2D eigenvalue weighted by Crippen LogP contribution is 2.35. The second-order valence-electron chi connectivity index (χ2n) is 5.63. The minimum absolute atomic E-state index is 0.428. The molecule has 7 heteroatoms. The Bertz CT molecular complexity index is 801. The topological polar surface area (TPSA) is 104 Å². The molecule has 0 amide bonds. The molecule has 21 heavy (non-hydrogen) atoms. The number of aromatic nitrogens is 4. The highest BCUT2D eigenvalue weighted by Gasteiger charge is 2.36. The quantitative estimate of drug-likeness (QED) is 0.770. The SMILES string of the molecule is Cc1noc2ncc(-c3nc(C4(N)CCCC4)no3)cc12. The summed E-state index contributed by atoms with van der Waals surface area (Å²) in [5, 5.41) is 8.79. The average Bonchev–Trinajstić information content (AvgIpc) is 3.20. The van der Waals surface area contributed by atoms with E-state index in [1.807, 2.05) is 13.0 Å². The average molecular weight is 285 g/mol. The van der Waals surface area contributed by atoms with Crippen molar-refractivity contribution in [3.63, 3.8) is 0 Å². The molecule has 1 fully saturated rings. The number of pyridine rings is 1. The van der Waals surface area contributed by atoms with Crippen LogP contribution in [0.2, 0.25) is 0 Å². The predicted octanol–water partition coefficient (Wildman–Crippen LogP) is 2.31. The van der Waals surface area contributed by atoms with Crippen molar-refractivity contribution in [3.8, 4) is 11.5 Å². The Morgan fingerprint density at radius 3 is 2.81 bits per heavy atom. The molecule has 1 aliphatic carbocycles. The molecule has 0 saturated heterocycles. The first kappa shape index (κ1) is 12.5. The molecule has 7 nitrogen and oxygen atoms in total. The second-order valence-corrected chi connectivity index (χ2v) is 5.63. The summed E-state index contributed by atoms with van der Waals surface area (Å²) in [6, 6.07) is 1.89. The molecular weight excluding hydrogens is 270 g/mol. The van der Waals surface area contributed by atoms with Crippen molar-refractivity contribution in [2.24, 2.45) is 5.73 Å². The summed E-state index contributed by atoms with van der Waals surface area (Å²) in [5.41, 5.74) is 7.92. The van der Waals surface area contributed by atoms with Gasteiger partial charge in [0.05, 0.1) is 22.2 Å². The maximum Gasteiger partial charge on any atom is 0.259 e. The fourth-order valence-corrected chi connectivity index (χ4v) is 2.83. The monoisotopic (exact) mass is 285 g/mol. The lowest BCUT2D eigenvalue weighted by Crippen LogP contribution is -2.34.